The Hall–Kier alpha value is -2.03. The molecular weight excluding hydrogens is 257 g/mol. The highest BCUT2D eigenvalue weighted by atomic mass is 19.4. The second kappa shape index (κ2) is 6.23. The number of hydrogen-bond donors (Lipinski definition) is 0. The molecule has 0 aliphatic carbocycles. The zero-order valence-electron chi connectivity index (χ0n) is 10.4. The van der Waals surface area contributed by atoms with Gasteiger partial charge in [0.1, 0.15) is 0 Å². The van der Waals surface area contributed by atoms with Crippen LogP contribution < -0.4 is 0 Å². The molecule has 19 heavy (non-hydrogen) atoms. The highest BCUT2D eigenvalue weighted by Crippen LogP contribution is 2.29. The number of carbonyl (C=O) groups is 1. The Morgan fingerprint density at radius 2 is 1.89 bits per heavy atom. The number of alkyl halides is 3. The minimum Gasteiger partial charge on any atom is -0.338 e. The second-order valence-electron chi connectivity index (χ2n) is 3.87. The van der Waals surface area contributed by atoms with E-state index in [1.54, 1.807) is 6.92 Å². The predicted molar refractivity (Wildman–Crippen MR) is 63.3 cm³/mol. The zero-order valence-corrected chi connectivity index (χ0v) is 10.4. The molecule has 1 aromatic carbocycles. The van der Waals surface area contributed by atoms with Gasteiger partial charge in [0.25, 0.3) is 5.91 Å². The summed E-state index contributed by atoms with van der Waals surface area (Å²) in [5, 5.41) is 8.48. The van der Waals surface area contributed by atoms with Crippen LogP contribution in [0.15, 0.2) is 24.3 Å². The molecule has 102 valence electrons. The molecule has 0 aliphatic rings. The third-order valence-electron chi connectivity index (χ3n) is 2.62. The fourth-order valence-corrected chi connectivity index (χ4v) is 1.57. The van der Waals surface area contributed by atoms with Crippen LogP contribution in [0.3, 0.4) is 0 Å². The van der Waals surface area contributed by atoms with Crippen molar-refractivity contribution in [3.63, 3.8) is 0 Å². The van der Waals surface area contributed by atoms with Crippen molar-refractivity contribution in [2.75, 3.05) is 13.1 Å². The lowest BCUT2D eigenvalue weighted by molar-refractivity contribution is -0.137. The van der Waals surface area contributed by atoms with E-state index in [9.17, 15) is 18.0 Å². The molecule has 3 nitrogen and oxygen atoms in total. The predicted octanol–water partition coefficient (Wildman–Crippen LogP) is 3.08. The fourth-order valence-electron chi connectivity index (χ4n) is 1.57. The van der Waals surface area contributed by atoms with Crippen molar-refractivity contribution in [3.8, 4) is 6.07 Å². The van der Waals surface area contributed by atoms with Crippen molar-refractivity contribution < 1.29 is 18.0 Å². The number of rotatable bonds is 4. The molecule has 1 aromatic rings. The van der Waals surface area contributed by atoms with Gasteiger partial charge in [-0.2, -0.15) is 18.4 Å². The summed E-state index contributed by atoms with van der Waals surface area (Å²) in [6.07, 6.45) is -4.22. The van der Waals surface area contributed by atoms with Crippen LogP contribution in [0.4, 0.5) is 13.2 Å². The number of amides is 1. The Kier molecular flexibility index (Phi) is 4.93. The van der Waals surface area contributed by atoms with Gasteiger partial charge in [-0.25, -0.2) is 0 Å². The molecule has 0 unspecified atom stereocenters. The molecule has 0 aliphatic heterocycles. The van der Waals surface area contributed by atoms with E-state index in [1.165, 1.54) is 4.90 Å². The van der Waals surface area contributed by atoms with Crippen LogP contribution in [0.2, 0.25) is 0 Å². The fraction of sp³-hybridized carbons (Fsp3) is 0.385. The van der Waals surface area contributed by atoms with Crippen LogP contribution in [0.1, 0.15) is 29.3 Å². The van der Waals surface area contributed by atoms with E-state index in [0.717, 1.165) is 24.3 Å². The van der Waals surface area contributed by atoms with Gasteiger partial charge in [0.2, 0.25) is 0 Å². The van der Waals surface area contributed by atoms with Crippen molar-refractivity contribution in [2.24, 2.45) is 0 Å². The Balaban J connectivity index is 2.85. The Morgan fingerprint density at radius 1 is 1.32 bits per heavy atom. The number of nitriles is 1. The maximum absolute atomic E-state index is 12.4. The van der Waals surface area contributed by atoms with Crippen molar-refractivity contribution in [1.29, 1.82) is 5.26 Å². The van der Waals surface area contributed by atoms with Gasteiger partial charge in [-0.3, -0.25) is 4.79 Å². The first-order valence-corrected chi connectivity index (χ1v) is 5.73. The normalized spacial score (nSPS) is 10.9. The topological polar surface area (TPSA) is 44.1 Å². The molecule has 0 saturated heterocycles. The molecule has 6 heteroatoms. The standard InChI is InChI=1S/C13H13F3N2O/c1-2-18(9-3-8-17)12(19)10-4-6-11(7-5-10)13(14,15)16/h4-7H,2-3,9H2,1H3. The SMILES string of the molecule is CCN(CCC#N)C(=O)c1ccc(C(F)(F)F)cc1. The summed E-state index contributed by atoms with van der Waals surface area (Å²) < 4.78 is 37.1. The highest BCUT2D eigenvalue weighted by Gasteiger charge is 2.30. The Bertz CT molecular complexity index is 474. The lowest BCUT2D eigenvalue weighted by Crippen LogP contribution is -2.31. The molecule has 0 radical (unpaired) electrons. The van der Waals surface area contributed by atoms with Crippen LogP contribution in [0, 0.1) is 11.3 Å². The third kappa shape index (κ3) is 3.98. The summed E-state index contributed by atoms with van der Waals surface area (Å²) in [7, 11) is 0. The molecule has 0 atom stereocenters. The molecule has 0 spiro atoms. The Morgan fingerprint density at radius 3 is 2.32 bits per heavy atom. The summed E-state index contributed by atoms with van der Waals surface area (Å²) in [6, 6.07) is 5.99. The summed E-state index contributed by atoms with van der Waals surface area (Å²) in [5.41, 5.74) is -0.600. The summed E-state index contributed by atoms with van der Waals surface area (Å²) in [6.45, 7) is 2.42. The van der Waals surface area contributed by atoms with Crippen molar-refractivity contribution in [3.05, 3.63) is 35.4 Å². The molecule has 0 fully saturated rings. The van der Waals surface area contributed by atoms with Crippen LogP contribution in [0.5, 0.6) is 0 Å². The number of hydrogen-bond acceptors (Lipinski definition) is 2. The second-order valence-corrected chi connectivity index (χ2v) is 3.87. The van der Waals surface area contributed by atoms with Crippen molar-refractivity contribution in [1.82, 2.24) is 4.90 Å². The first kappa shape index (κ1) is 15.0. The molecule has 0 N–H and O–H groups in total. The molecule has 1 amide bonds. The molecule has 0 bridgehead atoms. The molecule has 0 heterocycles. The van der Waals surface area contributed by atoms with E-state index in [0.29, 0.717) is 6.54 Å². The van der Waals surface area contributed by atoms with Gasteiger partial charge >= 0.3 is 6.18 Å². The lowest BCUT2D eigenvalue weighted by atomic mass is 10.1. The minimum atomic E-state index is -4.41. The molecule has 1 rings (SSSR count). The maximum atomic E-state index is 12.4. The van der Waals surface area contributed by atoms with Gasteiger partial charge in [-0.1, -0.05) is 0 Å². The van der Waals surface area contributed by atoms with Crippen molar-refractivity contribution >= 4 is 5.91 Å². The molecular formula is C13H13F3N2O. The van der Waals surface area contributed by atoms with E-state index >= 15 is 0 Å². The largest absolute Gasteiger partial charge is 0.416 e. The minimum absolute atomic E-state index is 0.188. The number of benzene rings is 1. The number of carbonyl (C=O) groups excluding carboxylic acids is 1. The van der Waals surface area contributed by atoms with E-state index in [2.05, 4.69) is 0 Å². The third-order valence-corrected chi connectivity index (χ3v) is 2.62. The number of halogens is 3. The summed E-state index contributed by atoms with van der Waals surface area (Å²) in [5.74, 6) is -0.369. The van der Waals surface area contributed by atoms with Gasteiger partial charge in [0.15, 0.2) is 0 Å². The lowest BCUT2D eigenvalue weighted by Gasteiger charge is -2.19. The van der Waals surface area contributed by atoms with Gasteiger partial charge < -0.3 is 4.90 Å². The maximum Gasteiger partial charge on any atom is 0.416 e. The van der Waals surface area contributed by atoms with Crippen LogP contribution in [-0.4, -0.2) is 23.9 Å². The summed E-state index contributed by atoms with van der Waals surface area (Å²) in [4.78, 5) is 13.4. The molecule has 0 aromatic heterocycles. The average Bonchev–Trinajstić information content (AvgIpc) is 2.38. The smallest absolute Gasteiger partial charge is 0.338 e. The van der Waals surface area contributed by atoms with Gasteiger partial charge in [-0.15, -0.1) is 0 Å². The highest BCUT2D eigenvalue weighted by molar-refractivity contribution is 5.94. The van der Waals surface area contributed by atoms with E-state index in [4.69, 9.17) is 5.26 Å². The average molecular weight is 270 g/mol. The van der Waals surface area contributed by atoms with Crippen LogP contribution >= 0.6 is 0 Å². The van der Waals surface area contributed by atoms with E-state index in [-0.39, 0.29) is 24.4 Å². The quantitative estimate of drug-likeness (QED) is 0.843. The van der Waals surface area contributed by atoms with Crippen molar-refractivity contribution in [2.45, 2.75) is 19.5 Å². The van der Waals surface area contributed by atoms with E-state index in [1.807, 2.05) is 6.07 Å². The van der Waals surface area contributed by atoms with Gasteiger partial charge in [-0.05, 0) is 31.2 Å². The number of nitrogens with zero attached hydrogens (tertiary/aromatic N) is 2. The Labute approximate surface area is 109 Å². The van der Waals surface area contributed by atoms with Crippen LogP contribution in [-0.2, 0) is 6.18 Å². The van der Waals surface area contributed by atoms with Gasteiger partial charge in [0, 0.05) is 18.7 Å². The van der Waals surface area contributed by atoms with Gasteiger partial charge in [0.05, 0.1) is 18.1 Å². The monoisotopic (exact) mass is 270 g/mol. The molecule has 0 saturated carbocycles. The zero-order chi connectivity index (χ0) is 14.5. The first-order chi connectivity index (χ1) is 8.90. The summed E-state index contributed by atoms with van der Waals surface area (Å²) >= 11 is 0. The van der Waals surface area contributed by atoms with E-state index < -0.39 is 11.7 Å². The van der Waals surface area contributed by atoms with Crippen LogP contribution in [0.25, 0.3) is 0 Å². The first-order valence-electron chi connectivity index (χ1n) is 5.73.